The first-order valence-corrected chi connectivity index (χ1v) is 6.82. The highest BCUT2D eigenvalue weighted by molar-refractivity contribution is 5.92. The van der Waals surface area contributed by atoms with Gasteiger partial charge in [0.1, 0.15) is 5.82 Å². The van der Waals surface area contributed by atoms with E-state index in [0.717, 1.165) is 12.2 Å². The summed E-state index contributed by atoms with van der Waals surface area (Å²) < 4.78 is 0. The fourth-order valence-electron chi connectivity index (χ4n) is 2.88. The summed E-state index contributed by atoms with van der Waals surface area (Å²) in [5.74, 6) is 0.950. The molecule has 4 N–H and O–H groups in total. The maximum atomic E-state index is 11.0. The Hall–Kier alpha value is -1.62. The minimum absolute atomic E-state index is 0.436. The number of rotatable bonds is 4. The number of anilines is 1. The molecule has 0 bridgehead atoms. The third-order valence-electron chi connectivity index (χ3n) is 4.06. The van der Waals surface area contributed by atoms with Crippen LogP contribution in [0.3, 0.4) is 0 Å². The van der Waals surface area contributed by atoms with E-state index in [-0.39, 0.29) is 0 Å². The van der Waals surface area contributed by atoms with Crippen LogP contribution in [-0.4, -0.2) is 30.5 Å². The van der Waals surface area contributed by atoms with Crippen molar-refractivity contribution in [2.45, 2.75) is 31.7 Å². The van der Waals surface area contributed by atoms with E-state index in [0.29, 0.717) is 24.1 Å². The molecule has 19 heavy (non-hydrogen) atoms. The first-order valence-electron chi connectivity index (χ1n) is 6.82. The third kappa shape index (κ3) is 3.04. The van der Waals surface area contributed by atoms with Gasteiger partial charge in [-0.1, -0.05) is 12.8 Å². The molecular weight excluding hydrogens is 240 g/mol. The number of primary amides is 1. The number of pyridine rings is 1. The molecule has 5 nitrogen and oxygen atoms in total. The molecule has 1 amide bonds. The van der Waals surface area contributed by atoms with Gasteiger partial charge >= 0.3 is 0 Å². The van der Waals surface area contributed by atoms with E-state index in [4.69, 9.17) is 11.5 Å². The second kappa shape index (κ2) is 6.02. The Morgan fingerprint density at radius 3 is 2.74 bits per heavy atom. The molecule has 0 radical (unpaired) electrons. The van der Waals surface area contributed by atoms with Gasteiger partial charge in [0, 0.05) is 19.3 Å². The summed E-state index contributed by atoms with van der Waals surface area (Å²) in [6.45, 7) is 0.717. The quantitative estimate of drug-likeness (QED) is 0.852. The Morgan fingerprint density at radius 1 is 1.42 bits per heavy atom. The predicted octanol–water partition coefficient (Wildman–Crippen LogP) is 1.13. The molecule has 104 valence electrons. The van der Waals surface area contributed by atoms with Crippen molar-refractivity contribution in [1.82, 2.24) is 4.98 Å². The Kier molecular flexibility index (Phi) is 4.37. The average molecular weight is 262 g/mol. The SMILES string of the molecule is CN(c1ccc(C(N)=O)cn1)C1CCCCC1CN. The molecule has 1 saturated carbocycles. The molecule has 1 fully saturated rings. The summed E-state index contributed by atoms with van der Waals surface area (Å²) in [6, 6.07) is 4.01. The number of hydrogen-bond acceptors (Lipinski definition) is 4. The van der Waals surface area contributed by atoms with Crippen molar-refractivity contribution in [1.29, 1.82) is 0 Å². The maximum Gasteiger partial charge on any atom is 0.250 e. The fourth-order valence-corrected chi connectivity index (χ4v) is 2.88. The van der Waals surface area contributed by atoms with E-state index in [1.165, 1.54) is 25.5 Å². The summed E-state index contributed by atoms with van der Waals surface area (Å²) in [6.07, 6.45) is 6.38. The van der Waals surface area contributed by atoms with Gasteiger partial charge in [-0.05, 0) is 37.4 Å². The van der Waals surface area contributed by atoms with Crippen LogP contribution in [0, 0.1) is 5.92 Å². The number of nitrogens with two attached hydrogens (primary N) is 2. The average Bonchev–Trinajstić information content (AvgIpc) is 2.46. The highest BCUT2D eigenvalue weighted by Crippen LogP contribution is 2.29. The Bertz CT molecular complexity index is 432. The van der Waals surface area contributed by atoms with Crippen LogP contribution in [0.5, 0.6) is 0 Å². The molecular formula is C14H22N4O. The lowest BCUT2D eigenvalue weighted by molar-refractivity contribution is 0.1000. The second-order valence-electron chi connectivity index (χ2n) is 5.23. The van der Waals surface area contributed by atoms with Gasteiger partial charge < -0.3 is 16.4 Å². The number of carbonyl (C=O) groups is 1. The smallest absolute Gasteiger partial charge is 0.250 e. The van der Waals surface area contributed by atoms with E-state index in [2.05, 4.69) is 9.88 Å². The summed E-state index contributed by atoms with van der Waals surface area (Å²) in [7, 11) is 2.05. The van der Waals surface area contributed by atoms with Crippen LogP contribution in [-0.2, 0) is 0 Å². The maximum absolute atomic E-state index is 11.0. The Morgan fingerprint density at radius 2 is 2.16 bits per heavy atom. The van der Waals surface area contributed by atoms with Crippen molar-refractivity contribution in [3.05, 3.63) is 23.9 Å². The summed E-state index contributed by atoms with van der Waals surface area (Å²) >= 11 is 0. The number of amides is 1. The lowest BCUT2D eigenvalue weighted by Gasteiger charge is -2.38. The highest BCUT2D eigenvalue weighted by atomic mass is 16.1. The minimum atomic E-state index is -0.445. The monoisotopic (exact) mass is 262 g/mol. The first-order chi connectivity index (χ1) is 9.13. The van der Waals surface area contributed by atoms with Gasteiger partial charge in [-0.3, -0.25) is 4.79 Å². The Balaban J connectivity index is 2.13. The van der Waals surface area contributed by atoms with Gasteiger partial charge in [-0.2, -0.15) is 0 Å². The molecule has 2 rings (SSSR count). The zero-order chi connectivity index (χ0) is 13.8. The van der Waals surface area contributed by atoms with Crippen LogP contribution in [0.15, 0.2) is 18.3 Å². The largest absolute Gasteiger partial charge is 0.366 e. The van der Waals surface area contributed by atoms with Crippen LogP contribution < -0.4 is 16.4 Å². The third-order valence-corrected chi connectivity index (χ3v) is 4.06. The highest BCUT2D eigenvalue weighted by Gasteiger charge is 2.27. The van der Waals surface area contributed by atoms with Crippen LogP contribution in [0.1, 0.15) is 36.0 Å². The number of carbonyl (C=O) groups excluding carboxylic acids is 1. The minimum Gasteiger partial charge on any atom is -0.366 e. The van der Waals surface area contributed by atoms with Crippen molar-refractivity contribution in [3.8, 4) is 0 Å². The fraction of sp³-hybridized carbons (Fsp3) is 0.571. The van der Waals surface area contributed by atoms with Crippen LogP contribution in [0.2, 0.25) is 0 Å². The summed E-state index contributed by atoms with van der Waals surface area (Å²) in [5, 5.41) is 0. The molecule has 1 aliphatic carbocycles. The van der Waals surface area contributed by atoms with Gasteiger partial charge in [-0.25, -0.2) is 4.98 Å². The zero-order valence-corrected chi connectivity index (χ0v) is 11.4. The summed E-state index contributed by atoms with van der Waals surface area (Å²) in [4.78, 5) is 17.5. The van der Waals surface area contributed by atoms with Crippen LogP contribution >= 0.6 is 0 Å². The molecule has 1 aromatic heterocycles. The van der Waals surface area contributed by atoms with Gasteiger partial charge in [-0.15, -0.1) is 0 Å². The van der Waals surface area contributed by atoms with E-state index in [9.17, 15) is 4.79 Å². The van der Waals surface area contributed by atoms with Crippen molar-refractivity contribution >= 4 is 11.7 Å². The topological polar surface area (TPSA) is 85.2 Å². The molecule has 1 aromatic rings. The molecule has 0 aliphatic heterocycles. The van der Waals surface area contributed by atoms with Crippen molar-refractivity contribution in [2.75, 3.05) is 18.5 Å². The molecule has 1 heterocycles. The van der Waals surface area contributed by atoms with Crippen LogP contribution in [0.25, 0.3) is 0 Å². The van der Waals surface area contributed by atoms with Gasteiger partial charge in [0.2, 0.25) is 5.91 Å². The Labute approximate surface area is 114 Å². The van der Waals surface area contributed by atoms with Gasteiger partial charge in [0.25, 0.3) is 0 Å². The molecule has 0 spiro atoms. The van der Waals surface area contributed by atoms with Gasteiger partial charge in [0.05, 0.1) is 5.56 Å². The first kappa shape index (κ1) is 13.8. The molecule has 1 aliphatic rings. The molecule has 2 unspecified atom stereocenters. The van der Waals surface area contributed by atoms with E-state index in [1.807, 2.05) is 13.1 Å². The summed E-state index contributed by atoms with van der Waals surface area (Å²) in [5.41, 5.74) is 11.5. The van der Waals surface area contributed by atoms with Gasteiger partial charge in [0.15, 0.2) is 0 Å². The number of hydrogen-bond donors (Lipinski definition) is 2. The van der Waals surface area contributed by atoms with E-state index in [1.54, 1.807) is 6.07 Å². The molecule has 0 saturated heterocycles. The lowest BCUT2D eigenvalue weighted by atomic mass is 9.84. The number of aromatic nitrogens is 1. The van der Waals surface area contributed by atoms with Crippen LogP contribution in [0.4, 0.5) is 5.82 Å². The molecule has 2 atom stereocenters. The van der Waals surface area contributed by atoms with E-state index < -0.39 is 5.91 Å². The number of nitrogens with zero attached hydrogens (tertiary/aromatic N) is 2. The van der Waals surface area contributed by atoms with Crippen molar-refractivity contribution in [3.63, 3.8) is 0 Å². The molecule has 0 aromatic carbocycles. The van der Waals surface area contributed by atoms with Crippen molar-refractivity contribution < 1.29 is 4.79 Å². The normalized spacial score (nSPS) is 23.1. The zero-order valence-electron chi connectivity index (χ0n) is 11.4. The standard InChI is InChI=1S/C14H22N4O/c1-18(12-5-3-2-4-10(12)8-15)13-7-6-11(9-17-13)14(16)19/h6-7,9-10,12H,2-5,8,15H2,1H3,(H2,16,19). The van der Waals surface area contributed by atoms with E-state index >= 15 is 0 Å². The lowest BCUT2D eigenvalue weighted by Crippen LogP contribution is -2.43. The molecule has 5 heteroatoms. The predicted molar refractivity (Wildman–Crippen MR) is 76.0 cm³/mol. The van der Waals surface area contributed by atoms with Crippen molar-refractivity contribution in [2.24, 2.45) is 17.4 Å². The second-order valence-corrected chi connectivity index (χ2v) is 5.23.